The lowest BCUT2D eigenvalue weighted by molar-refractivity contribution is -0.160. The smallest absolute Gasteiger partial charge is 0.334 e. The van der Waals surface area contributed by atoms with E-state index in [2.05, 4.69) is 0 Å². The fourth-order valence-corrected chi connectivity index (χ4v) is 2.58. The lowest BCUT2D eigenvalue weighted by Crippen LogP contribution is -2.51. The number of carbonyl (C=O) groups excluding carboxylic acids is 1. The third kappa shape index (κ3) is 3.23. The normalized spacial score (nSPS) is 22.6. The Morgan fingerprint density at radius 1 is 1.35 bits per heavy atom. The van der Waals surface area contributed by atoms with Crippen LogP contribution in [0.15, 0.2) is 18.2 Å². The number of carbonyl (C=O) groups is 2. The van der Waals surface area contributed by atoms with Gasteiger partial charge in [-0.2, -0.15) is 0 Å². The van der Waals surface area contributed by atoms with Crippen molar-refractivity contribution in [1.29, 1.82) is 0 Å². The van der Waals surface area contributed by atoms with Crippen LogP contribution in [-0.2, 0) is 9.53 Å². The van der Waals surface area contributed by atoms with Crippen molar-refractivity contribution in [3.8, 4) is 0 Å². The van der Waals surface area contributed by atoms with E-state index in [1.807, 2.05) is 0 Å². The first-order valence-electron chi connectivity index (χ1n) is 6.01. The number of nitrogens with zero attached hydrogens (tertiary/aromatic N) is 1. The van der Waals surface area contributed by atoms with E-state index < -0.39 is 12.1 Å². The highest BCUT2D eigenvalue weighted by atomic mass is 35.5. The maximum Gasteiger partial charge on any atom is 0.334 e. The Kier molecular flexibility index (Phi) is 4.52. The number of ether oxygens (including phenoxy) is 1. The van der Waals surface area contributed by atoms with E-state index in [1.54, 1.807) is 13.0 Å². The molecule has 2 rings (SSSR count). The van der Waals surface area contributed by atoms with Gasteiger partial charge in [-0.3, -0.25) is 4.79 Å². The Bertz CT molecular complexity index is 549. The molecule has 0 aromatic heterocycles. The van der Waals surface area contributed by atoms with Crippen LogP contribution in [0.3, 0.4) is 0 Å². The largest absolute Gasteiger partial charge is 0.479 e. The number of hydrogen-bond donors (Lipinski definition) is 1. The minimum atomic E-state index is -1.09. The van der Waals surface area contributed by atoms with Crippen molar-refractivity contribution in [3.63, 3.8) is 0 Å². The van der Waals surface area contributed by atoms with Crippen molar-refractivity contribution in [2.45, 2.75) is 19.1 Å². The molecule has 1 heterocycles. The minimum absolute atomic E-state index is 0.00252. The predicted octanol–water partition coefficient (Wildman–Crippen LogP) is 2.31. The zero-order chi connectivity index (χ0) is 14.9. The van der Waals surface area contributed by atoms with Crippen LogP contribution < -0.4 is 0 Å². The Morgan fingerprint density at radius 3 is 2.65 bits per heavy atom. The molecule has 108 valence electrons. The first kappa shape index (κ1) is 15.1. The highest BCUT2D eigenvalue weighted by molar-refractivity contribution is 6.36. The van der Waals surface area contributed by atoms with Crippen LogP contribution in [0.25, 0.3) is 0 Å². The fourth-order valence-electron chi connectivity index (χ4n) is 2.09. The molecule has 1 aromatic carbocycles. The molecule has 1 saturated heterocycles. The molecule has 0 bridgehead atoms. The lowest BCUT2D eigenvalue weighted by Gasteiger charge is -2.35. The Hall–Kier alpha value is -1.30. The molecule has 1 unspecified atom stereocenters. The topological polar surface area (TPSA) is 66.8 Å². The van der Waals surface area contributed by atoms with Crippen LogP contribution in [-0.4, -0.2) is 47.2 Å². The summed E-state index contributed by atoms with van der Waals surface area (Å²) in [6, 6.07) is 4.58. The maximum atomic E-state index is 12.4. The summed E-state index contributed by atoms with van der Waals surface area (Å²) in [5.74, 6) is -1.41. The van der Waals surface area contributed by atoms with Crippen molar-refractivity contribution in [1.82, 2.24) is 4.90 Å². The highest BCUT2D eigenvalue weighted by Crippen LogP contribution is 2.23. The van der Waals surface area contributed by atoms with Gasteiger partial charge < -0.3 is 14.7 Å². The van der Waals surface area contributed by atoms with Gasteiger partial charge in [0.25, 0.3) is 5.91 Å². The molecule has 1 aliphatic heterocycles. The second-order valence-corrected chi connectivity index (χ2v) is 5.45. The lowest BCUT2D eigenvalue weighted by atomic mass is 10.1. The zero-order valence-electron chi connectivity index (χ0n) is 10.7. The first-order valence-corrected chi connectivity index (χ1v) is 6.76. The average molecular weight is 318 g/mol. The molecule has 0 radical (unpaired) electrons. The van der Waals surface area contributed by atoms with Gasteiger partial charge in [-0.05, 0) is 25.1 Å². The summed E-state index contributed by atoms with van der Waals surface area (Å²) in [5, 5.41) is 9.69. The van der Waals surface area contributed by atoms with E-state index in [0.717, 1.165) is 0 Å². The van der Waals surface area contributed by atoms with Crippen LogP contribution in [0.5, 0.6) is 0 Å². The Balaban J connectivity index is 2.21. The molecule has 5 nitrogen and oxygen atoms in total. The second kappa shape index (κ2) is 5.99. The van der Waals surface area contributed by atoms with Crippen LogP contribution >= 0.6 is 23.2 Å². The van der Waals surface area contributed by atoms with Crippen LogP contribution in [0.4, 0.5) is 0 Å². The molecule has 1 fully saturated rings. The number of rotatable bonds is 2. The summed E-state index contributed by atoms with van der Waals surface area (Å²) in [7, 11) is 0. The van der Waals surface area contributed by atoms with E-state index in [9.17, 15) is 9.59 Å². The third-order valence-electron chi connectivity index (χ3n) is 2.98. The number of benzene rings is 1. The van der Waals surface area contributed by atoms with Crippen molar-refractivity contribution in [2.75, 3.05) is 13.1 Å². The number of halogens is 2. The fraction of sp³-hybridized carbons (Fsp3) is 0.385. The standard InChI is InChI=1S/C13H13Cl2NO4/c1-7-5-16(6-11(20-7)13(18)19)12(17)9-3-2-8(14)4-10(9)15/h2-4,7,11H,5-6H2,1H3,(H,18,19)/t7-,11?/m1/s1. The van der Waals surface area contributed by atoms with Gasteiger partial charge in [0.15, 0.2) is 6.10 Å². The third-order valence-corrected chi connectivity index (χ3v) is 3.53. The van der Waals surface area contributed by atoms with Gasteiger partial charge in [0.05, 0.1) is 23.2 Å². The van der Waals surface area contributed by atoms with Crippen molar-refractivity contribution >= 4 is 35.1 Å². The molecule has 1 amide bonds. The quantitative estimate of drug-likeness (QED) is 0.909. The molecule has 20 heavy (non-hydrogen) atoms. The van der Waals surface area contributed by atoms with Crippen LogP contribution in [0.2, 0.25) is 10.0 Å². The van der Waals surface area contributed by atoms with Crippen LogP contribution in [0.1, 0.15) is 17.3 Å². The molecular weight excluding hydrogens is 305 g/mol. The summed E-state index contributed by atoms with van der Waals surface area (Å²) >= 11 is 11.8. The molecule has 1 N–H and O–H groups in total. The number of aliphatic carboxylic acids is 1. The molecule has 2 atom stereocenters. The van der Waals surface area contributed by atoms with Gasteiger partial charge in [0.2, 0.25) is 0 Å². The van der Waals surface area contributed by atoms with E-state index >= 15 is 0 Å². The van der Waals surface area contributed by atoms with E-state index in [4.69, 9.17) is 33.0 Å². The predicted molar refractivity (Wildman–Crippen MR) is 74.3 cm³/mol. The summed E-state index contributed by atoms with van der Waals surface area (Å²) in [6.07, 6.45) is -1.37. The molecule has 0 saturated carbocycles. The summed E-state index contributed by atoms with van der Waals surface area (Å²) in [4.78, 5) is 24.8. The molecule has 7 heteroatoms. The highest BCUT2D eigenvalue weighted by Gasteiger charge is 2.33. The van der Waals surface area contributed by atoms with Gasteiger partial charge in [0, 0.05) is 11.6 Å². The van der Waals surface area contributed by atoms with Crippen molar-refractivity contribution < 1.29 is 19.4 Å². The summed E-state index contributed by atoms with van der Waals surface area (Å²) in [5.41, 5.74) is 0.300. The number of carboxylic acids is 1. The summed E-state index contributed by atoms with van der Waals surface area (Å²) in [6.45, 7) is 2.04. The van der Waals surface area contributed by atoms with Gasteiger partial charge in [0.1, 0.15) is 0 Å². The number of carboxylic acid groups (broad SMARTS) is 1. The monoisotopic (exact) mass is 317 g/mol. The second-order valence-electron chi connectivity index (χ2n) is 4.61. The van der Waals surface area contributed by atoms with E-state index in [0.29, 0.717) is 17.1 Å². The SMILES string of the molecule is C[C@@H]1CN(C(=O)c2ccc(Cl)cc2Cl)CC(C(=O)O)O1. The van der Waals surface area contributed by atoms with E-state index in [1.165, 1.54) is 17.0 Å². The Labute approximate surface area is 126 Å². The molecule has 0 spiro atoms. The minimum Gasteiger partial charge on any atom is -0.479 e. The van der Waals surface area contributed by atoms with Crippen molar-refractivity contribution in [3.05, 3.63) is 33.8 Å². The number of amides is 1. The molecule has 0 aliphatic carbocycles. The first-order chi connectivity index (χ1) is 9.38. The summed E-state index contributed by atoms with van der Waals surface area (Å²) < 4.78 is 5.27. The molecule has 1 aliphatic rings. The zero-order valence-corrected chi connectivity index (χ0v) is 12.2. The molecular formula is C13H13Cl2NO4. The van der Waals surface area contributed by atoms with Gasteiger partial charge in [-0.1, -0.05) is 23.2 Å². The number of morpholine rings is 1. The molecule has 1 aromatic rings. The van der Waals surface area contributed by atoms with Gasteiger partial charge >= 0.3 is 5.97 Å². The van der Waals surface area contributed by atoms with Gasteiger partial charge in [-0.15, -0.1) is 0 Å². The maximum absolute atomic E-state index is 12.4. The average Bonchev–Trinajstić information content (AvgIpc) is 2.37. The van der Waals surface area contributed by atoms with E-state index in [-0.39, 0.29) is 23.6 Å². The number of hydrogen-bond acceptors (Lipinski definition) is 3. The Morgan fingerprint density at radius 2 is 2.05 bits per heavy atom. The van der Waals surface area contributed by atoms with Crippen LogP contribution in [0, 0.1) is 0 Å². The van der Waals surface area contributed by atoms with Gasteiger partial charge in [-0.25, -0.2) is 4.79 Å². The van der Waals surface area contributed by atoms with Crippen molar-refractivity contribution in [2.24, 2.45) is 0 Å².